The van der Waals surface area contributed by atoms with Gasteiger partial charge in [0, 0.05) is 32.7 Å². The average molecular weight is 293 g/mol. The molecule has 0 unspecified atom stereocenters. The van der Waals surface area contributed by atoms with Crippen molar-refractivity contribution in [1.29, 1.82) is 0 Å². The zero-order valence-electron chi connectivity index (χ0n) is 12.3. The number of hydrogen-bond donors (Lipinski definition) is 2. The van der Waals surface area contributed by atoms with Crippen LogP contribution in [0.3, 0.4) is 0 Å². The van der Waals surface area contributed by atoms with Crippen molar-refractivity contribution in [2.75, 3.05) is 33.4 Å². The van der Waals surface area contributed by atoms with Crippen LogP contribution in [0.5, 0.6) is 0 Å². The highest BCUT2D eigenvalue weighted by Crippen LogP contribution is 2.40. The Kier molecular flexibility index (Phi) is 10.3. The number of carbonyl (C=O) groups excluding carboxylic acids is 1. The Morgan fingerprint density at radius 3 is 2.58 bits per heavy atom. The van der Waals surface area contributed by atoms with Gasteiger partial charge in [-0.25, -0.2) is 0 Å². The van der Waals surface area contributed by atoms with Crippen LogP contribution in [0.1, 0.15) is 45.4 Å². The molecule has 19 heavy (non-hydrogen) atoms. The Morgan fingerprint density at radius 1 is 1.32 bits per heavy atom. The Labute approximate surface area is 123 Å². The standard InChI is InChI=1S/C14H28N2O2.ClH/c1-3-18-11-9-14(7-4-5-8-14)12-16-13(17)6-10-15-2;/h15H,3-12H2,1-2H3,(H,16,17);1H. The number of nitrogens with one attached hydrogen (secondary N) is 2. The van der Waals surface area contributed by atoms with Crippen molar-refractivity contribution in [2.24, 2.45) is 5.41 Å². The molecule has 5 heteroatoms. The fourth-order valence-corrected chi connectivity index (χ4v) is 2.69. The normalized spacial score (nSPS) is 16.9. The van der Waals surface area contributed by atoms with Crippen molar-refractivity contribution < 1.29 is 9.53 Å². The zero-order chi connectivity index (χ0) is 13.3. The third-order valence-corrected chi connectivity index (χ3v) is 3.91. The summed E-state index contributed by atoms with van der Waals surface area (Å²) in [6, 6.07) is 0. The molecule has 4 nitrogen and oxygen atoms in total. The molecule has 0 bridgehead atoms. The Morgan fingerprint density at radius 2 is 2.00 bits per heavy atom. The van der Waals surface area contributed by atoms with Crippen molar-refractivity contribution in [3.8, 4) is 0 Å². The first-order chi connectivity index (χ1) is 8.72. The minimum atomic E-state index is 0. The lowest BCUT2D eigenvalue weighted by molar-refractivity contribution is -0.121. The quantitative estimate of drug-likeness (QED) is 0.640. The van der Waals surface area contributed by atoms with Gasteiger partial charge in [0.2, 0.25) is 5.91 Å². The number of carbonyl (C=O) groups is 1. The summed E-state index contributed by atoms with van der Waals surface area (Å²) < 4.78 is 5.47. The molecule has 114 valence electrons. The highest BCUT2D eigenvalue weighted by Gasteiger charge is 2.33. The minimum Gasteiger partial charge on any atom is -0.382 e. The SMILES string of the molecule is CCOCCC1(CNC(=O)CCNC)CCCC1.Cl. The minimum absolute atomic E-state index is 0. The van der Waals surface area contributed by atoms with Crippen LogP contribution in [0.4, 0.5) is 0 Å². The predicted molar refractivity (Wildman–Crippen MR) is 80.8 cm³/mol. The molecule has 1 aliphatic carbocycles. The van der Waals surface area contributed by atoms with Crippen LogP contribution in [0.15, 0.2) is 0 Å². The largest absolute Gasteiger partial charge is 0.382 e. The number of amides is 1. The molecule has 0 aromatic heterocycles. The summed E-state index contributed by atoms with van der Waals surface area (Å²) >= 11 is 0. The molecule has 1 fully saturated rings. The Bertz CT molecular complexity index is 244. The molecule has 1 saturated carbocycles. The van der Waals surface area contributed by atoms with Crippen LogP contribution in [0.2, 0.25) is 0 Å². The van der Waals surface area contributed by atoms with Crippen molar-refractivity contribution in [3.63, 3.8) is 0 Å². The van der Waals surface area contributed by atoms with Crippen molar-refractivity contribution in [1.82, 2.24) is 10.6 Å². The van der Waals surface area contributed by atoms with E-state index in [9.17, 15) is 4.79 Å². The van der Waals surface area contributed by atoms with Gasteiger partial charge in [0.1, 0.15) is 0 Å². The van der Waals surface area contributed by atoms with E-state index in [1.165, 1.54) is 25.7 Å². The fraction of sp³-hybridized carbons (Fsp3) is 0.929. The maximum Gasteiger partial charge on any atom is 0.221 e. The molecule has 0 aromatic carbocycles. The van der Waals surface area contributed by atoms with Crippen LogP contribution >= 0.6 is 12.4 Å². The maximum absolute atomic E-state index is 11.6. The van der Waals surface area contributed by atoms with Gasteiger partial charge in [-0.15, -0.1) is 12.4 Å². The molecule has 1 rings (SSSR count). The van der Waals surface area contributed by atoms with Gasteiger partial charge in [-0.3, -0.25) is 4.79 Å². The number of halogens is 1. The van der Waals surface area contributed by atoms with E-state index in [1.54, 1.807) is 0 Å². The number of rotatable bonds is 9. The van der Waals surface area contributed by atoms with Gasteiger partial charge in [0.15, 0.2) is 0 Å². The van der Waals surface area contributed by atoms with E-state index >= 15 is 0 Å². The molecular weight excluding hydrogens is 264 g/mol. The van der Waals surface area contributed by atoms with Gasteiger partial charge in [-0.1, -0.05) is 12.8 Å². The highest BCUT2D eigenvalue weighted by molar-refractivity contribution is 5.85. The molecule has 1 amide bonds. The molecule has 0 atom stereocenters. The second-order valence-electron chi connectivity index (χ2n) is 5.28. The summed E-state index contributed by atoms with van der Waals surface area (Å²) in [4.78, 5) is 11.6. The van der Waals surface area contributed by atoms with E-state index in [1.807, 2.05) is 14.0 Å². The van der Waals surface area contributed by atoms with E-state index in [0.29, 0.717) is 11.8 Å². The van der Waals surface area contributed by atoms with Crippen LogP contribution in [0, 0.1) is 5.41 Å². The monoisotopic (exact) mass is 292 g/mol. The lowest BCUT2D eigenvalue weighted by atomic mass is 9.83. The molecule has 2 N–H and O–H groups in total. The van der Waals surface area contributed by atoms with Crippen molar-refractivity contribution in [2.45, 2.75) is 45.4 Å². The van der Waals surface area contributed by atoms with E-state index in [4.69, 9.17) is 4.74 Å². The third kappa shape index (κ3) is 7.14. The first-order valence-corrected chi connectivity index (χ1v) is 7.21. The summed E-state index contributed by atoms with van der Waals surface area (Å²) in [5, 5.41) is 6.09. The van der Waals surface area contributed by atoms with E-state index in [-0.39, 0.29) is 18.3 Å². The third-order valence-electron chi connectivity index (χ3n) is 3.91. The van der Waals surface area contributed by atoms with Gasteiger partial charge in [0.05, 0.1) is 0 Å². The molecule has 0 heterocycles. The molecular formula is C14H29ClN2O2. The molecule has 0 saturated heterocycles. The summed E-state index contributed by atoms with van der Waals surface area (Å²) in [6.07, 6.45) is 6.68. The van der Waals surface area contributed by atoms with Crippen LogP contribution in [-0.4, -0.2) is 39.3 Å². The smallest absolute Gasteiger partial charge is 0.221 e. The Hall–Kier alpha value is -0.320. The maximum atomic E-state index is 11.6. The van der Waals surface area contributed by atoms with Crippen LogP contribution < -0.4 is 10.6 Å². The van der Waals surface area contributed by atoms with E-state index < -0.39 is 0 Å². The van der Waals surface area contributed by atoms with E-state index in [0.717, 1.165) is 32.7 Å². The average Bonchev–Trinajstić information content (AvgIpc) is 2.84. The fourth-order valence-electron chi connectivity index (χ4n) is 2.69. The predicted octanol–water partition coefficient (Wildman–Crippen LogP) is 2.12. The first kappa shape index (κ1) is 18.7. The van der Waals surface area contributed by atoms with Crippen molar-refractivity contribution in [3.05, 3.63) is 0 Å². The van der Waals surface area contributed by atoms with Crippen LogP contribution in [-0.2, 0) is 9.53 Å². The second-order valence-corrected chi connectivity index (χ2v) is 5.28. The molecule has 1 aliphatic rings. The van der Waals surface area contributed by atoms with Gasteiger partial charge in [0.25, 0.3) is 0 Å². The highest BCUT2D eigenvalue weighted by atomic mass is 35.5. The zero-order valence-corrected chi connectivity index (χ0v) is 13.1. The molecule has 0 radical (unpaired) electrons. The second kappa shape index (κ2) is 10.5. The topological polar surface area (TPSA) is 50.4 Å². The van der Waals surface area contributed by atoms with Gasteiger partial charge >= 0.3 is 0 Å². The lowest BCUT2D eigenvalue weighted by Crippen LogP contribution is -2.37. The first-order valence-electron chi connectivity index (χ1n) is 7.21. The Balaban J connectivity index is 0.00000324. The van der Waals surface area contributed by atoms with E-state index in [2.05, 4.69) is 10.6 Å². The van der Waals surface area contributed by atoms with Gasteiger partial charge in [-0.2, -0.15) is 0 Å². The summed E-state index contributed by atoms with van der Waals surface area (Å²) in [5.74, 6) is 0.159. The van der Waals surface area contributed by atoms with Gasteiger partial charge in [-0.05, 0) is 38.6 Å². The number of ether oxygens (including phenoxy) is 1. The molecule has 0 aliphatic heterocycles. The van der Waals surface area contributed by atoms with Crippen molar-refractivity contribution >= 4 is 18.3 Å². The summed E-state index contributed by atoms with van der Waals surface area (Å²) in [6.45, 7) is 5.20. The van der Waals surface area contributed by atoms with Crippen LogP contribution in [0.25, 0.3) is 0 Å². The molecule has 0 spiro atoms. The van der Waals surface area contributed by atoms with Gasteiger partial charge < -0.3 is 15.4 Å². The summed E-state index contributed by atoms with van der Waals surface area (Å²) in [5.41, 5.74) is 0.296. The molecule has 0 aromatic rings. The number of hydrogen-bond acceptors (Lipinski definition) is 3. The lowest BCUT2D eigenvalue weighted by Gasteiger charge is -2.29. The summed E-state index contributed by atoms with van der Waals surface area (Å²) in [7, 11) is 1.87.